The maximum atomic E-state index is 15.4. The molecule has 0 radical (unpaired) electrons. The van der Waals surface area contributed by atoms with Crippen molar-refractivity contribution in [1.82, 2.24) is 4.98 Å². The summed E-state index contributed by atoms with van der Waals surface area (Å²) in [5.74, 6) is -0.775. The number of benzene rings is 2. The zero-order valence-corrected chi connectivity index (χ0v) is 17.0. The van der Waals surface area contributed by atoms with E-state index in [1.54, 1.807) is 17.0 Å². The molecule has 0 aliphatic heterocycles. The molecule has 2 aromatic carbocycles. The van der Waals surface area contributed by atoms with E-state index in [0.29, 0.717) is 5.56 Å². The van der Waals surface area contributed by atoms with Crippen molar-refractivity contribution in [2.75, 3.05) is 16.8 Å². The Kier molecular flexibility index (Phi) is 6.15. The van der Waals surface area contributed by atoms with Crippen LogP contribution in [0.4, 0.5) is 29.2 Å². The van der Waals surface area contributed by atoms with Crippen molar-refractivity contribution >= 4 is 11.6 Å². The maximum Gasteiger partial charge on any atom is 0.416 e. The van der Waals surface area contributed by atoms with Crippen molar-refractivity contribution < 1.29 is 27.7 Å². The molecule has 4 rings (SSSR count). The Bertz CT molecular complexity index is 1040. The Morgan fingerprint density at radius 3 is 2.41 bits per heavy atom. The number of hydrogen-bond donors (Lipinski definition) is 2. The van der Waals surface area contributed by atoms with Crippen LogP contribution in [0.15, 0.2) is 54.6 Å². The highest BCUT2D eigenvalue weighted by Crippen LogP contribution is 2.35. The van der Waals surface area contributed by atoms with Gasteiger partial charge in [-0.25, -0.2) is 0 Å². The molecule has 166 valence electrons. The summed E-state index contributed by atoms with van der Waals surface area (Å²) < 4.78 is 53.9. The second kappa shape index (κ2) is 9.01. The number of aliphatic hydroxyl groups is 1. The first kappa shape index (κ1) is 21.8. The summed E-state index contributed by atoms with van der Waals surface area (Å²) in [5, 5.41) is 12.7. The summed E-state index contributed by atoms with van der Waals surface area (Å²) in [6.45, 7) is -0.0766. The molecule has 2 N–H and O–H groups in total. The Morgan fingerprint density at radius 2 is 1.81 bits per heavy atom. The van der Waals surface area contributed by atoms with Gasteiger partial charge in [-0.3, -0.25) is 5.32 Å². The van der Waals surface area contributed by atoms with Gasteiger partial charge in [-0.05, 0) is 41.1 Å². The molecular formula is C23H21F4N4O+. The lowest BCUT2D eigenvalue weighted by atomic mass is 10.1. The lowest BCUT2D eigenvalue weighted by Crippen LogP contribution is -2.29. The van der Waals surface area contributed by atoms with Crippen LogP contribution in [0, 0.1) is 12.1 Å². The molecular weight excluding hydrogens is 424 g/mol. The molecule has 3 aromatic rings. The molecule has 5 nitrogen and oxygen atoms in total. The van der Waals surface area contributed by atoms with Crippen molar-refractivity contribution in [2.45, 2.75) is 37.6 Å². The van der Waals surface area contributed by atoms with Crippen molar-refractivity contribution in [3.63, 3.8) is 0 Å². The summed E-state index contributed by atoms with van der Waals surface area (Å²) in [6.07, 6.45) is -0.298. The average Bonchev–Trinajstić information content (AvgIpc) is 3.63. The van der Waals surface area contributed by atoms with Crippen LogP contribution in [0.3, 0.4) is 0 Å². The zero-order chi connectivity index (χ0) is 22.7. The van der Waals surface area contributed by atoms with E-state index < -0.39 is 23.6 Å². The van der Waals surface area contributed by atoms with Crippen LogP contribution in [0.25, 0.3) is 0 Å². The SMILES string of the molecule is OCC(Nc1[n+]#cnc(N(Cc2ccc(C(F)(F)F)cc2)C2CC2)c1F)c1ccccc1. The molecule has 0 spiro atoms. The number of aromatic nitrogens is 2. The molecule has 1 atom stereocenters. The molecule has 1 heterocycles. The predicted molar refractivity (Wildman–Crippen MR) is 109 cm³/mol. The monoisotopic (exact) mass is 445 g/mol. The number of nitrogens with one attached hydrogen (secondary N) is 1. The summed E-state index contributed by atoms with van der Waals surface area (Å²) >= 11 is 0. The van der Waals surface area contributed by atoms with E-state index in [1.807, 2.05) is 18.2 Å². The number of aliphatic hydroxyl groups excluding tert-OH is 1. The summed E-state index contributed by atoms with van der Waals surface area (Å²) in [5.41, 5.74) is 0.636. The minimum Gasteiger partial charge on any atom is -0.392 e. The minimum absolute atomic E-state index is 0.0228. The maximum absolute atomic E-state index is 15.4. The van der Waals surface area contributed by atoms with Gasteiger partial charge in [0.15, 0.2) is 0 Å². The fraction of sp³-hybridized carbons (Fsp3) is 0.304. The van der Waals surface area contributed by atoms with Crippen molar-refractivity contribution in [3.8, 4) is 0 Å². The number of anilines is 2. The number of alkyl halides is 3. The second-order valence-corrected chi connectivity index (χ2v) is 7.65. The Morgan fingerprint density at radius 1 is 1.12 bits per heavy atom. The largest absolute Gasteiger partial charge is 0.416 e. The molecule has 1 aliphatic carbocycles. The number of nitrogens with zero attached hydrogens (tertiary/aromatic N) is 3. The lowest BCUT2D eigenvalue weighted by Gasteiger charge is -2.21. The number of halogens is 4. The third-order valence-corrected chi connectivity index (χ3v) is 5.31. The zero-order valence-electron chi connectivity index (χ0n) is 17.0. The van der Waals surface area contributed by atoms with Gasteiger partial charge < -0.3 is 10.0 Å². The van der Waals surface area contributed by atoms with Gasteiger partial charge in [0.1, 0.15) is 6.04 Å². The first-order valence-corrected chi connectivity index (χ1v) is 10.2. The highest BCUT2D eigenvalue weighted by atomic mass is 19.4. The Balaban J connectivity index is 1.57. The van der Waals surface area contributed by atoms with Crippen LogP contribution >= 0.6 is 0 Å². The van der Waals surface area contributed by atoms with Gasteiger partial charge >= 0.3 is 18.3 Å². The molecule has 0 saturated heterocycles. The van der Waals surface area contributed by atoms with Gasteiger partial charge in [-0.1, -0.05) is 42.5 Å². The number of rotatable bonds is 8. The van der Waals surface area contributed by atoms with Crippen molar-refractivity contribution in [3.05, 3.63) is 83.4 Å². The molecule has 0 bridgehead atoms. The van der Waals surface area contributed by atoms with Crippen LogP contribution in [0.1, 0.15) is 35.6 Å². The Hall–Kier alpha value is -3.38. The van der Waals surface area contributed by atoms with Crippen LogP contribution in [-0.4, -0.2) is 22.7 Å². The fourth-order valence-electron chi connectivity index (χ4n) is 3.46. The highest BCUT2D eigenvalue weighted by molar-refractivity contribution is 5.51. The molecule has 1 aliphatic rings. The molecule has 9 heteroatoms. The van der Waals surface area contributed by atoms with E-state index in [0.717, 1.165) is 30.5 Å². The first-order chi connectivity index (χ1) is 15.4. The lowest BCUT2D eigenvalue weighted by molar-refractivity contribution is -0.282. The topological polar surface area (TPSA) is 62.5 Å². The van der Waals surface area contributed by atoms with Crippen LogP contribution in [0.2, 0.25) is 0 Å². The highest BCUT2D eigenvalue weighted by Gasteiger charge is 2.36. The van der Waals surface area contributed by atoms with Gasteiger partial charge in [0, 0.05) is 12.6 Å². The average molecular weight is 445 g/mol. The molecule has 0 amide bonds. The first-order valence-electron chi connectivity index (χ1n) is 10.2. The van der Waals surface area contributed by atoms with Gasteiger partial charge in [0.25, 0.3) is 11.6 Å². The standard InChI is InChI=1S/C23H20F4N4O/c24-20-21(30-19(13-32)16-4-2-1-3-5-16)28-14-29-22(20)31(18-10-11-18)12-15-6-8-17(9-7-15)23(25,26)27/h1-9,18-19,32H,10-13H2/p+1. The molecule has 1 unspecified atom stereocenters. The van der Waals surface area contributed by atoms with E-state index in [9.17, 15) is 18.3 Å². The summed E-state index contributed by atoms with van der Waals surface area (Å²) in [6, 6.07) is 13.3. The Labute approximate surface area is 182 Å². The third-order valence-electron chi connectivity index (χ3n) is 5.31. The van der Waals surface area contributed by atoms with E-state index in [1.165, 1.54) is 12.1 Å². The quantitative estimate of drug-likeness (QED) is 0.514. The van der Waals surface area contributed by atoms with Crippen LogP contribution in [-0.2, 0) is 12.7 Å². The van der Waals surface area contributed by atoms with Gasteiger partial charge in [-0.2, -0.15) is 22.5 Å². The summed E-state index contributed by atoms with van der Waals surface area (Å²) in [4.78, 5) is 9.59. The minimum atomic E-state index is -4.41. The van der Waals surface area contributed by atoms with Crippen molar-refractivity contribution in [1.29, 1.82) is 0 Å². The van der Waals surface area contributed by atoms with Crippen molar-refractivity contribution in [2.24, 2.45) is 0 Å². The van der Waals surface area contributed by atoms with Gasteiger partial charge in [-0.15, -0.1) is 0 Å². The van der Waals surface area contributed by atoms with Crippen LogP contribution < -0.4 is 15.2 Å². The number of hydrogen-bond acceptors (Lipinski definition) is 4. The van der Waals surface area contributed by atoms with E-state index >= 15 is 4.39 Å². The second-order valence-electron chi connectivity index (χ2n) is 7.65. The normalized spacial score (nSPS) is 14.5. The van der Waals surface area contributed by atoms with E-state index in [2.05, 4.69) is 21.6 Å². The smallest absolute Gasteiger partial charge is 0.392 e. The molecule has 1 aromatic heterocycles. The van der Waals surface area contributed by atoms with Crippen LogP contribution in [0.5, 0.6) is 0 Å². The van der Waals surface area contributed by atoms with Gasteiger partial charge in [0.2, 0.25) is 0 Å². The molecule has 1 fully saturated rings. The van der Waals surface area contributed by atoms with E-state index in [4.69, 9.17) is 0 Å². The predicted octanol–water partition coefficient (Wildman–Crippen LogP) is 3.95. The molecule has 1 saturated carbocycles. The molecule has 32 heavy (non-hydrogen) atoms. The summed E-state index contributed by atoms with van der Waals surface area (Å²) in [7, 11) is 0. The fourth-order valence-corrected chi connectivity index (χ4v) is 3.46. The van der Waals surface area contributed by atoms with Gasteiger partial charge in [0.05, 0.1) is 12.2 Å². The van der Waals surface area contributed by atoms with E-state index in [-0.39, 0.29) is 30.8 Å². The third kappa shape index (κ3) is 4.92.